The van der Waals surface area contributed by atoms with E-state index in [0.29, 0.717) is 5.75 Å². The normalized spacial score (nSPS) is 20.0. The number of rotatable bonds is 4. The van der Waals surface area contributed by atoms with E-state index in [1.807, 2.05) is 38.2 Å². The molecule has 0 aromatic heterocycles. The lowest BCUT2D eigenvalue weighted by atomic mass is 10.1. The van der Waals surface area contributed by atoms with Gasteiger partial charge in [0.1, 0.15) is 11.9 Å². The Bertz CT molecular complexity index is 416. The lowest BCUT2D eigenvalue weighted by Gasteiger charge is -2.29. The molecular weight excluding hydrogens is 242 g/mol. The van der Waals surface area contributed by atoms with Crippen LogP contribution in [0.2, 0.25) is 0 Å². The van der Waals surface area contributed by atoms with Gasteiger partial charge in [0.15, 0.2) is 6.61 Å². The monoisotopic (exact) mass is 263 g/mol. The lowest BCUT2D eigenvalue weighted by Crippen LogP contribution is -2.38. The van der Waals surface area contributed by atoms with E-state index in [1.54, 1.807) is 0 Å². The first-order valence-corrected chi connectivity index (χ1v) is 6.71. The molecule has 0 aliphatic carbocycles. The summed E-state index contributed by atoms with van der Waals surface area (Å²) in [4.78, 5) is 13.9. The van der Waals surface area contributed by atoms with Crippen LogP contribution in [-0.4, -0.2) is 43.7 Å². The van der Waals surface area contributed by atoms with Gasteiger partial charge in [0.25, 0.3) is 0 Å². The number of ether oxygens (including phenoxy) is 2. The Morgan fingerprint density at radius 1 is 1.37 bits per heavy atom. The number of carbonyl (C=O) groups excluding carboxylic acids is 1. The molecule has 1 heterocycles. The predicted molar refractivity (Wildman–Crippen MR) is 73.3 cm³/mol. The highest BCUT2D eigenvalue weighted by atomic mass is 16.6. The van der Waals surface area contributed by atoms with E-state index in [4.69, 9.17) is 9.47 Å². The highest BCUT2D eigenvalue weighted by molar-refractivity contribution is 5.71. The average Bonchev–Trinajstić information content (AvgIpc) is 2.38. The Balaban J connectivity index is 1.73. The molecule has 19 heavy (non-hydrogen) atoms. The quantitative estimate of drug-likeness (QED) is 0.779. The fourth-order valence-electron chi connectivity index (χ4n) is 2.21. The first kappa shape index (κ1) is 13.9. The number of likely N-dealkylation sites (N-methyl/N-ethyl adjacent to an activating group) is 1. The van der Waals surface area contributed by atoms with Crippen LogP contribution in [0, 0.1) is 6.92 Å². The largest absolute Gasteiger partial charge is 0.482 e. The van der Waals surface area contributed by atoms with Crippen LogP contribution in [-0.2, 0) is 9.53 Å². The van der Waals surface area contributed by atoms with E-state index in [1.165, 1.54) is 5.56 Å². The summed E-state index contributed by atoms with van der Waals surface area (Å²) >= 11 is 0. The minimum absolute atomic E-state index is 0.00729. The van der Waals surface area contributed by atoms with Crippen LogP contribution >= 0.6 is 0 Å². The predicted octanol–water partition coefficient (Wildman–Crippen LogP) is 2.01. The molecule has 0 unspecified atom stereocenters. The second kappa shape index (κ2) is 6.57. The van der Waals surface area contributed by atoms with Gasteiger partial charge in [0.2, 0.25) is 0 Å². The zero-order valence-corrected chi connectivity index (χ0v) is 11.6. The third-order valence-electron chi connectivity index (χ3n) is 3.26. The summed E-state index contributed by atoms with van der Waals surface area (Å²) in [6.45, 7) is 3.88. The molecule has 1 atom stereocenters. The van der Waals surface area contributed by atoms with E-state index in [0.717, 1.165) is 25.9 Å². The molecule has 0 N–H and O–H groups in total. The number of likely N-dealkylation sites (tertiary alicyclic amines) is 1. The van der Waals surface area contributed by atoms with Crippen LogP contribution < -0.4 is 4.74 Å². The van der Waals surface area contributed by atoms with Crippen LogP contribution in [0.3, 0.4) is 0 Å². The summed E-state index contributed by atoms with van der Waals surface area (Å²) in [6.07, 6.45) is 2.03. The van der Waals surface area contributed by atoms with Crippen molar-refractivity contribution < 1.29 is 14.3 Å². The second-order valence-corrected chi connectivity index (χ2v) is 5.12. The lowest BCUT2D eigenvalue weighted by molar-refractivity contribution is -0.153. The number of hydrogen-bond donors (Lipinski definition) is 0. The Labute approximate surface area is 114 Å². The van der Waals surface area contributed by atoms with Gasteiger partial charge in [0.05, 0.1) is 0 Å². The number of piperidine rings is 1. The van der Waals surface area contributed by atoms with Crippen molar-refractivity contribution in [2.45, 2.75) is 25.9 Å². The van der Waals surface area contributed by atoms with Gasteiger partial charge in [-0.25, -0.2) is 4.79 Å². The zero-order valence-electron chi connectivity index (χ0n) is 11.6. The number of hydrogen-bond acceptors (Lipinski definition) is 4. The molecule has 4 nitrogen and oxygen atoms in total. The van der Waals surface area contributed by atoms with Crippen LogP contribution in [0.4, 0.5) is 0 Å². The summed E-state index contributed by atoms with van der Waals surface area (Å²) in [7, 11) is 2.04. The standard InChI is InChI=1S/C15H21NO3/c1-12-5-7-13(8-6-12)18-11-15(17)19-14-4-3-9-16(2)10-14/h5-8,14H,3-4,9-11H2,1-2H3/t14-/m0/s1. The average molecular weight is 263 g/mol. The van der Waals surface area contributed by atoms with Crippen molar-refractivity contribution in [2.24, 2.45) is 0 Å². The first-order valence-electron chi connectivity index (χ1n) is 6.71. The van der Waals surface area contributed by atoms with Crippen molar-refractivity contribution in [2.75, 3.05) is 26.7 Å². The molecule has 1 aliphatic rings. The van der Waals surface area contributed by atoms with Gasteiger partial charge in [-0.2, -0.15) is 0 Å². The molecular formula is C15H21NO3. The SMILES string of the molecule is Cc1ccc(OCC(=O)O[C@H]2CCCN(C)C2)cc1. The van der Waals surface area contributed by atoms with E-state index in [-0.39, 0.29) is 18.7 Å². The smallest absolute Gasteiger partial charge is 0.344 e. The molecule has 1 fully saturated rings. The molecule has 1 aliphatic heterocycles. The Morgan fingerprint density at radius 3 is 2.79 bits per heavy atom. The van der Waals surface area contributed by atoms with Crippen molar-refractivity contribution in [1.82, 2.24) is 4.90 Å². The van der Waals surface area contributed by atoms with Crippen LogP contribution in [0.1, 0.15) is 18.4 Å². The molecule has 4 heteroatoms. The summed E-state index contributed by atoms with van der Waals surface area (Å²) < 4.78 is 10.8. The summed E-state index contributed by atoms with van der Waals surface area (Å²) in [5.74, 6) is 0.407. The van der Waals surface area contributed by atoms with Gasteiger partial charge < -0.3 is 14.4 Å². The summed E-state index contributed by atoms with van der Waals surface area (Å²) in [5.41, 5.74) is 1.17. The van der Waals surface area contributed by atoms with Crippen molar-refractivity contribution in [1.29, 1.82) is 0 Å². The maximum Gasteiger partial charge on any atom is 0.344 e. The van der Waals surface area contributed by atoms with Crippen LogP contribution in [0.25, 0.3) is 0 Å². The van der Waals surface area contributed by atoms with Gasteiger partial charge >= 0.3 is 5.97 Å². The fourth-order valence-corrected chi connectivity index (χ4v) is 2.21. The number of nitrogens with zero attached hydrogens (tertiary/aromatic N) is 1. The highest BCUT2D eigenvalue weighted by Gasteiger charge is 2.20. The Hall–Kier alpha value is -1.55. The zero-order chi connectivity index (χ0) is 13.7. The van der Waals surface area contributed by atoms with Crippen LogP contribution in [0.15, 0.2) is 24.3 Å². The Morgan fingerprint density at radius 2 is 2.11 bits per heavy atom. The summed E-state index contributed by atoms with van der Waals surface area (Å²) in [6, 6.07) is 7.63. The molecule has 2 rings (SSSR count). The number of carbonyl (C=O) groups is 1. The molecule has 104 valence electrons. The maximum atomic E-state index is 11.7. The molecule has 0 spiro atoms. The Kier molecular flexibility index (Phi) is 4.80. The van der Waals surface area contributed by atoms with E-state index in [2.05, 4.69) is 4.90 Å². The summed E-state index contributed by atoms with van der Waals surface area (Å²) in [5, 5.41) is 0. The van der Waals surface area contributed by atoms with Gasteiger partial charge in [0, 0.05) is 6.54 Å². The number of esters is 1. The van der Waals surface area contributed by atoms with Crippen molar-refractivity contribution in [3.05, 3.63) is 29.8 Å². The van der Waals surface area contributed by atoms with Crippen molar-refractivity contribution in [3.8, 4) is 5.75 Å². The fraction of sp³-hybridized carbons (Fsp3) is 0.533. The first-order chi connectivity index (χ1) is 9.13. The number of aryl methyl sites for hydroxylation is 1. The minimum atomic E-state index is -0.291. The molecule has 1 aromatic rings. The third-order valence-corrected chi connectivity index (χ3v) is 3.26. The molecule has 0 saturated carbocycles. The van der Waals surface area contributed by atoms with E-state index in [9.17, 15) is 4.79 Å². The second-order valence-electron chi connectivity index (χ2n) is 5.12. The van der Waals surface area contributed by atoms with E-state index < -0.39 is 0 Å². The minimum Gasteiger partial charge on any atom is -0.482 e. The van der Waals surface area contributed by atoms with Crippen LogP contribution in [0.5, 0.6) is 5.75 Å². The maximum absolute atomic E-state index is 11.7. The van der Waals surface area contributed by atoms with E-state index >= 15 is 0 Å². The van der Waals surface area contributed by atoms with Crippen molar-refractivity contribution >= 4 is 5.97 Å². The van der Waals surface area contributed by atoms with Gasteiger partial charge in [-0.05, 0) is 45.5 Å². The molecule has 0 bridgehead atoms. The topological polar surface area (TPSA) is 38.8 Å². The number of benzene rings is 1. The third kappa shape index (κ3) is 4.56. The van der Waals surface area contributed by atoms with Gasteiger partial charge in [-0.15, -0.1) is 0 Å². The van der Waals surface area contributed by atoms with Gasteiger partial charge in [-0.3, -0.25) is 0 Å². The van der Waals surface area contributed by atoms with Gasteiger partial charge in [-0.1, -0.05) is 17.7 Å². The van der Waals surface area contributed by atoms with Crippen molar-refractivity contribution in [3.63, 3.8) is 0 Å². The molecule has 0 amide bonds. The molecule has 1 saturated heterocycles. The molecule has 1 aromatic carbocycles. The highest BCUT2D eigenvalue weighted by Crippen LogP contribution is 2.13. The molecule has 0 radical (unpaired) electrons.